The average molecular weight is 850 g/mol. The third kappa shape index (κ3) is 5.64. The van der Waals surface area contributed by atoms with Crippen molar-refractivity contribution < 1.29 is 8.83 Å². The minimum absolute atomic E-state index is 0.413. The maximum Gasteiger partial charge on any atom is 0.159 e. The van der Waals surface area contributed by atoms with Gasteiger partial charge in [-0.15, -0.1) is 11.3 Å². The third-order valence-electron chi connectivity index (χ3n) is 13.2. The van der Waals surface area contributed by atoms with Crippen LogP contribution in [0.3, 0.4) is 0 Å². The third-order valence-corrected chi connectivity index (χ3v) is 14.3. The molecule has 0 amide bonds. The number of benzene rings is 10. The Morgan fingerprint density at radius 3 is 1.94 bits per heavy atom. The van der Waals surface area contributed by atoms with E-state index in [1.54, 1.807) is 0 Å². The van der Waals surface area contributed by atoms with Crippen LogP contribution in [0.4, 0.5) is 0 Å². The van der Waals surface area contributed by atoms with Gasteiger partial charge in [0.25, 0.3) is 0 Å². The maximum absolute atomic E-state index is 6.71. The molecular formula is C59H35N3O2S. The first-order valence-electron chi connectivity index (χ1n) is 21.9. The van der Waals surface area contributed by atoms with Gasteiger partial charge < -0.3 is 14.2 Å². The topological polar surface area (TPSA) is 63.0 Å². The molecule has 0 bridgehead atoms. The average Bonchev–Trinajstić information content (AvgIpc) is 4.07. The van der Waals surface area contributed by atoms with E-state index in [9.17, 15) is 0 Å². The summed E-state index contributed by atoms with van der Waals surface area (Å²) in [5.41, 5.74) is 11.0. The highest BCUT2D eigenvalue weighted by Gasteiger charge is 2.26. The number of hydrogen-bond donors (Lipinski definition) is 1. The van der Waals surface area contributed by atoms with Gasteiger partial charge in [0.1, 0.15) is 34.3 Å². The number of fused-ring (bicyclic) bond motifs is 11. The number of rotatable bonds is 5. The molecule has 1 aliphatic rings. The van der Waals surface area contributed by atoms with Gasteiger partial charge in [-0.2, -0.15) is 0 Å². The van der Waals surface area contributed by atoms with E-state index in [2.05, 4.69) is 187 Å². The molecule has 3 aromatic heterocycles. The zero-order chi connectivity index (χ0) is 42.6. The second-order valence-corrected chi connectivity index (χ2v) is 17.9. The summed E-state index contributed by atoms with van der Waals surface area (Å²) in [5.74, 6) is 1.51. The van der Waals surface area contributed by atoms with Gasteiger partial charge in [-0.3, -0.25) is 0 Å². The minimum Gasteiger partial charge on any atom is -0.456 e. The smallest absolute Gasteiger partial charge is 0.159 e. The molecule has 1 atom stereocenters. The first-order chi connectivity index (χ1) is 32.2. The fraction of sp³-hybridized carbons (Fsp3) is 0.0169. The molecule has 4 heterocycles. The predicted molar refractivity (Wildman–Crippen MR) is 272 cm³/mol. The summed E-state index contributed by atoms with van der Waals surface area (Å²) in [6.07, 6.45) is -0.413. The zero-order valence-corrected chi connectivity index (χ0v) is 35.6. The van der Waals surface area contributed by atoms with E-state index in [4.69, 9.17) is 18.8 Å². The molecule has 0 spiro atoms. The normalized spacial score (nSPS) is 14.3. The molecule has 0 saturated carbocycles. The second-order valence-electron chi connectivity index (χ2n) is 16.8. The van der Waals surface area contributed by atoms with Crippen LogP contribution in [-0.4, -0.2) is 11.7 Å². The van der Waals surface area contributed by atoms with Crippen molar-refractivity contribution in [2.75, 3.05) is 0 Å². The number of nitrogens with zero attached hydrogens (tertiary/aromatic N) is 2. The highest BCUT2D eigenvalue weighted by molar-refractivity contribution is 7.25. The molecule has 5 nitrogen and oxygen atoms in total. The van der Waals surface area contributed by atoms with Crippen LogP contribution in [0, 0.1) is 0 Å². The Morgan fingerprint density at radius 1 is 0.400 bits per heavy atom. The van der Waals surface area contributed by atoms with Crippen LogP contribution >= 0.6 is 11.3 Å². The van der Waals surface area contributed by atoms with Crippen molar-refractivity contribution in [3.63, 3.8) is 0 Å². The molecule has 13 aromatic rings. The molecule has 0 aliphatic carbocycles. The van der Waals surface area contributed by atoms with Gasteiger partial charge in [0.15, 0.2) is 5.84 Å². The summed E-state index contributed by atoms with van der Waals surface area (Å²) < 4.78 is 15.4. The van der Waals surface area contributed by atoms with Gasteiger partial charge >= 0.3 is 0 Å². The molecule has 0 radical (unpaired) electrons. The van der Waals surface area contributed by atoms with Crippen LogP contribution in [0.1, 0.15) is 22.9 Å². The number of furan rings is 2. The van der Waals surface area contributed by atoms with Crippen LogP contribution in [0.15, 0.2) is 219 Å². The van der Waals surface area contributed by atoms with E-state index >= 15 is 0 Å². The highest BCUT2D eigenvalue weighted by atomic mass is 32.1. The Bertz CT molecular complexity index is 4190. The van der Waals surface area contributed by atoms with E-state index < -0.39 is 6.17 Å². The fourth-order valence-electron chi connectivity index (χ4n) is 10.2. The Kier molecular flexibility index (Phi) is 7.85. The molecule has 1 unspecified atom stereocenters. The number of thiophene rings is 1. The van der Waals surface area contributed by atoms with Crippen LogP contribution in [0.25, 0.3) is 108 Å². The summed E-state index contributed by atoms with van der Waals surface area (Å²) in [5, 5.41) is 15.3. The first-order valence-corrected chi connectivity index (χ1v) is 22.7. The van der Waals surface area contributed by atoms with Crippen molar-refractivity contribution in [1.82, 2.24) is 5.32 Å². The Balaban J connectivity index is 0.917. The lowest BCUT2D eigenvalue weighted by atomic mass is 9.91. The van der Waals surface area contributed by atoms with Crippen molar-refractivity contribution in [3.05, 3.63) is 217 Å². The summed E-state index contributed by atoms with van der Waals surface area (Å²) in [4.78, 5) is 10.8. The molecule has 1 aliphatic heterocycles. The maximum atomic E-state index is 6.71. The Hall–Kier alpha value is -8.32. The van der Waals surface area contributed by atoms with Crippen molar-refractivity contribution in [2.24, 2.45) is 9.98 Å². The van der Waals surface area contributed by atoms with E-state index in [0.717, 1.165) is 105 Å². The van der Waals surface area contributed by atoms with Crippen LogP contribution < -0.4 is 5.32 Å². The second kappa shape index (κ2) is 14.1. The molecule has 10 aromatic carbocycles. The number of aliphatic imine (C=N–C) groups is 2. The quantitative estimate of drug-likeness (QED) is 0.188. The largest absolute Gasteiger partial charge is 0.456 e. The monoisotopic (exact) mass is 849 g/mol. The number of para-hydroxylation sites is 1. The van der Waals surface area contributed by atoms with Crippen molar-refractivity contribution in [3.8, 4) is 22.3 Å². The van der Waals surface area contributed by atoms with E-state index in [0.29, 0.717) is 5.84 Å². The molecule has 304 valence electrons. The van der Waals surface area contributed by atoms with E-state index in [-0.39, 0.29) is 0 Å². The molecule has 1 N–H and O–H groups in total. The van der Waals surface area contributed by atoms with Gasteiger partial charge in [-0.25, -0.2) is 9.98 Å². The van der Waals surface area contributed by atoms with Crippen LogP contribution in [0.5, 0.6) is 0 Å². The molecule has 14 rings (SSSR count). The standard InChI is InChI=1S/C59H35N3O2S/c1-2-13-35-32-37(27-26-34(35)12-1)57-60-58(62-59(61-57)47-20-11-25-53-56(47)46-17-6-8-24-52(46)65-53)43-31-30-41(39-14-3-4-15-40(39)43)42-19-10-23-50-55(42)45-29-28-36(33-51(45)64-50)38-18-9-22-49-54(38)44-16-5-7-21-48(44)63-49/h1-33,58H,(H,60,61,62). The summed E-state index contributed by atoms with van der Waals surface area (Å²) in [6, 6.07) is 70.9. The van der Waals surface area contributed by atoms with Gasteiger partial charge in [0.2, 0.25) is 0 Å². The van der Waals surface area contributed by atoms with Crippen LogP contribution in [-0.2, 0) is 0 Å². The van der Waals surface area contributed by atoms with E-state index in [1.165, 1.54) is 25.6 Å². The molecule has 0 fully saturated rings. The summed E-state index contributed by atoms with van der Waals surface area (Å²) in [7, 11) is 0. The Labute approximate surface area is 376 Å². The summed E-state index contributed by atoms with van der Waals surface area (Å²) >= 11 is 1.82. The predicted octanol–water partition coefficient (Wildman–Crippen LogP) is 16.0. The Morgan fingerprint density at radius 2 is 1.05 bits per heavy atom. The molecule has 6 heteroatoms. The number of nitrogens with one attached hydrogen (secondary N) is 1. The van der Waals surface area contributed by atoms with Gasteiger partial charge in [-0.05, 0) is 92.3 Å². The lowest BCUT2D eigenvalue weighted by molar-refractivity contribution is 0.668. The molecule has 0 saturated heterocycles. The summed E-state index contributed by atoms with van der Waals surface area (Å²) in [6.45, 7) is 0. The fourth-order valence-corrected chi connectivity index (χ4v) is 11.3. The van der Waals surface area contributed by atoms with E-state index in [1.807, 2.05) is 29.5 Å². The van der Waals surface area contributed by atoms with Gasteiger partial charge in [0.05, 0.1) is 0 Å². The van der Waals surface area contributed by atoms with Crippen LogP contribution in [0.2, 0.25) is 0 Å². The number of hydrogen-bond acceptors (Lipinski definition) is 6. The lowest BCUT2D eigenvalue weighted by Crippen LogP contribution is -2.33. The molecule has 65 heavy (non-hydrogen) atoms. The molecular weight excluding hydrogens is 815 g/mol. The van der Waals surface area contributed by atoms with Gasteiger partial charge in [0, 0.05) is 58.4 Å². The highest BCUT2D eigenvalue weighted by Crippen LogP contribution is 2.44. The van der Waals surface area contributed by atoms with Crippen molar-refractivity contribution >= 4 is 109 Å². The zero-order valence-electron chi connectivity index (χ0n) is 34.7. The minimum atomic E-state index is -0.413. The first kappa shape index (κ1) is 36.2. The number of amidine groups is 2. The SMILES string of the molecule is c1ccc2cc(C3=NC(c4ccc(-c5cccc6oc7cc(-c8cccc9oc%10ccccc%10c89)ccc7c56)c5ccccc45)NC(c4cccc5sc6ccccc6c45)=N3)ccc2c1. The lowest BCUT2D eigenvalue weighted by Gasteiger charge is -2.25. The van der Waals surface area contributed by atoms with Crippen molar-refractivity contribution in [1.29, 1.82) is 0 Å². The van der Waals surface area contributed by atoms with Gasteiger partial charge in [-0.1, -0.05) is 152 Å². The van der Waals surface area contributed by atoms with Crippen molar-refractivity contribution in [2.45, 2.75) is 6.17 Å².